The van der Waals surface area contributed by atoms with Crippen molar-refractivity contribution in [3.8, 4) is 0 Å². The van der Waals surface area contributed by atoms with E-state index < -0.39 is 0 Å². The molecule has 0 aliphatic carbocycles. The molecule has 0 aliphatic heterocycles. The molecule has 2 unspecified atom stereocenters. The standard InChI is InChI=1S/C12H17BrFNO/c1-8(9(2)16-3)15-7-10-4-5-11(13)6-12(10)14/h4-6,8-9,15H,7H2,1-3H3. The van der Waals surface area contributed by atoms with Gasteiger partial charge in [0.25, 0.3) is 0 Å². The van der Waals surface area contributed by atoms with Gasteiger partial charge in [0.05, 0.1) is 6.10 Å². The van der Waals surface area contributed by atoms with Crippen molar-refractivity contribution in [1.29, 1.82) is 0 Å². The van der Waals surface area contributed by atoms with Crippen molar-refractivity contribution in [3.63, 3.8) is 0 Å². The molecule has 1 aromatic carbocycles. The smallest absolute Gasteiger partial charge is 0.128 e. The maximum Gasteiger partial charge on any atom is 0.128 e. The zero-order chi connectivity index (χ0) is 12.1. The fourth-order valence-corrected chi connectivity index (χ4v) is 1.64. The SMILES string of the molecule is COC(C)C(C)NCc1ccc(Br)cc1F. The molecular weight excluding hydrogens is 273 g/mol. The molecule has 2 nitrogen and oxygen atoms in total. The highest BCUT2D eigenvalue weighted by Crippen LogP contribution is 2.15. The van der Waals surface area contributed by atoms with Crippen molar-refractivity contribution in [3.05, 3.63) is 34.1 Å². The Morgan fingerprint density at radius 3 is 2.69 bits per heavy atom. The molecule has 0 bridgehead atoms. The van der Waals surface area contributed by atoms with E-state index in [-0.39, 0.29) is 18.0 Å². The monoisotopic (exact) mass is 289 g/mol. The zero-order valence-electron chi connectivity index (χ0n) is 9.76. The Morgan fingerprint density at radius 1 is 1.44 bits per heavy atom. The summed E-state index contributed by atoms with van der Waals surface area (Å²) in [5, 5.41) is 3.23. The molecule has 0 saturated heterocycles. The van der Waals surface area contributed by atoms with E-state index >= 15 is 0 Å². The summed E-state index contributed by atoms with van der Waals surface area (Å²) in [5.74, 6) is -0.195. The number of benzene rings is 1. The quantitative estimate of drug-likeness (QED) is 0.899. The number of rotatable bonds is 5. The van der Waals surface area contributed by atoms with Crippen LogP contribution in [-0.2, 0) is 11.3 Å². The molecule has 0 amide bonds. The summed E-state index contributed by atoms with van der Waals surface area (Å²) in [6.07, 6.45) is 0.110. The highest BCUT2D eigenvalue weighted by molar-refractivity contribution is 9.10. The average molecular weight is 290 g/mol. The van der Waals surface area contributed by atoms with E-state index in [1.54, 1.807) is 13.2 Å². The van der Waals surface area contributed by atoms with Crippen LogP contribution in [0, 0.1) is 5.82 Å². The van der Waals surface area contributed by atoms with Crippen LogP contribution in [0.5, 0.6) is 0 Å². The summed E-state index contributed by atoms with van der Waals surface area (Å²) < 4.78 is 19.4. The number of hydrogen-bond acceptors (Lipinski definition) is 2. The lowest BCUT2D eigenvalue weighted by atomic mass is 10.1. The van der Waals surface area contributed by atoms with Crippen molar-refractivity contribution in [2.24, 2.45) is 0 Å². The van der Waals surface area contributed by atoms with Crippen LogP contribution in [-0.4, -0.2) is 19.3 Å². The molecule has 1 N–H and O–H groups in total. The van der Waals surface area contributed by atoms with Gasteiger partial charge < -0.3 is 10.1 Å². The van der Waals surface area contributed by atoms with Crippen LogP contribution in [0.3, 0.4) is 0 Å². The van der Waals surface area contributed by atoms with Gasteiger partial charge in [0.2, 0.25) is 0 Å². The number of methoxy groups -OCH3 is 1. The minimum absolute atomic E-state index is 0.110. The van der Waals surface area contributed by atoms with Crippen LogP contribution in [0.4, 0.5) is 4.39 Å². The molecule has 0 saturated carbocycles. The summed E-state index contributed by atoms with van der Waals surface area (Å²) in [4.78, 5) is 0. The van der Waals surface area contributed by atoms with Gasteiger partial charge in [0.1, 0.15) is 5.82 Å². The fourth-order valence-electron chi connectivity index (χ4n) is 1.31. The van der Waals surface area contributed by atoms with E-state index in [1.165, 1.54) is 6.07 Å². The highest BCUT2D eigenvalue weighted by Gasteiger charge is 2.11. The molecule has 0 radical (unpaired) electrons. The van der Waals surface area contributed by atoms with Gasteiger partial charge in [-0.25, -0.2) is 4.39 Å². The molecule has 0 spiro atoms. The fraction of sp³-hybridized carbons (Fsp3) is 0.500. The predicted octanol–water partition coefficient (Wildman–Crippen LogP) is 3.10. The van der Waals surface area contributed by atoms with Crippen molar-refractivity contribution >= 4 is 15.9 Å². The largest absolute Gasteiger partial charge is 0.380 e. The normalized spacial score (nSPS) is 14.8. The van der Waals surface area contributed by atoms with E-state index in [9.17, 15) is 4.39 Å². The number of nitrogens with one attached hydrogen (secondary N) is 1. The summed E-state index contributed by atoms with van der Waals surface area (Å²) in [5.41, 5.74) is 0.665. The highest BCUT2D eigenvalue weighted by atomic mass is 79.9. The number of hydrogen-bond donors (Lipinski definition) is 1. The van der Waals surface area contributed by atoms with Gasteiger partial charge in [0.15, 0.2) is 0 Å². The van der Waals surface area contributed by atoms with E-state index in [0.29, 0.717) is 12.1 Å². The Hall–Kier alpha value is -0.450. The van der Waals surface area contributed by atoms with Crippen LogP contribution in [0.2, 0.25) is 0 Å². The van der Waals surface area contributed by atoms with Crippen molar-refractivity contribution < 1.29 is 9.13 Å². The second kappa shape index (κ2) is 6.33. The molecule has 4 heteroatoms. The van der Waals surface area contributed by atoms with Gasteiger partial charge in [-0.1, -0.05) is 22.0 Å². The topological polar surface area (TPSA) is 21.3 Å². The third-order valence-electron chi connectivity index (χ3n) is 2.71. The lowest BCUT2D eigenvalue weighted by molar-refractivity contribution is 0.0881. The summed E-state index contributed by atoms with van der Waals surface area (Å²) in [6, 6.07) is 5.27. The minimum atomic E-state index is -0.195. The van der Waals surface area contributed by atoms with Crippen molar-refractivity contribution in [2.45, 2.75) is 32.5 Å². The Bertz CT molecular complexity index is 346. The molecule has 90 valence electrons. The van der Waals surface area contributed by atoms with Gasteiger partial charge in [-0.2, -0.15) is 0 Å². The Morgan fingerprint density at radius 2 is 2.12 bits per heavy atom. The van der Waals surface area contributed by atoms with Crippen LogP contribution >= 0.6 is 15.9 Å². The first-order valence-corrected chi connectivity index (χ1v) is 6.04. The van der Waals surface area contributed by atoms with Crippen LogP contribution in [0.15, 0.2) is 22.7 Å². The summed E-state index contributed by atoms with van der Waals surface area (Å²) in [7, 11) is 1.67. The van der Waals surface area contributed by atoms with Gasteiger partial charge in [-0.15, -0.1) is 0 Å². The third-order valence-corrected chi connectivity index (χ3v) is 3.20. The number of ether oxygens (including phenoxy) is 1. The molecule has 16 heavy (non-hydrogen) atoms. The molecule has 0 heterocycles. The lowest BCUT2D eigenvalue weighted by Crippen LogP contribution is -2.36. The molecular formula is C12H17BrFNO. The molecule has 1 rings (SSSR count). The Balaban J connectivity index is 2.54. The maximum absolute atomic E-state index is 13.5. The average Bonchev–Trinajstić information content (AvgIpc) is 2.26. The Labute approximate surface area is 104 Å². The van der Waals surface area contributed by atoms with Gasteiger partial charge >= 0.3 is 0 Å². The molecule has 1 aromatic rings. The van der Waals surface area contributed by atoms with Gasteiger partial charge in [-0.3, -0.25) is 0 Å². The first-order chi connectivity index (χ1) is 7.54. The van der Waals surface area contributed by atoms with Crippen LogP contribution < -0.4 is 5.32 Å². The molecule has 0 fully saturated rings. The van der Waals surface area contributed by atoms with E-state index in [4.69, 9.17) is 4.74 Å². The van der Waals surface area contributed by atoms with E-state index in [0.717, 1.165) is 4.47 Å². The first kappa shape index (κ1) is 13.6. The molecule has 0 aromatic heterocycles. The molecule has 2 atom stereocenters. The Kier molecular flexibility index (Phi) is 5.38. The van der Waals surface area contributed by atoms with Gasteiger partial charge in [0, 0.05) is 29.7 Å². The third kappa shape index (κ3) is 3.85. The predicted molar refractivity (Wildman–Crippen MR) is 66.9 cm³/mol. The summed E-state index contributed by atoms with van der Waals surface area (Å²) >= 11 is 3.23. The zero-order valence-corrected chi connectivity index (χ0v) is 11.3. The van der Waals surface area contributed by atoms with Crippen molar-refractivity contribution in [1.82, 2.24) is 5.32 Å². The van der Waals surface area contributed by atoms with Gasteiger partial charge in [-0.05, 0) is 26.0 Å². The maximum atomic E-state index is 13.5. The van der Waals surface area contributed by atoms with Crippen molar-refractivity contribution in [2.75, 3.05) is 7.11 Å². The second-order valence-electron chi connectivity index (χ2n) is 3.85. The lowest BCUT2D eigenvalue weighted by Gasteiger charge is -2.20. The minimum Gasteiger partial charge on any atom is -0.380 e. The number of halogens is 2. The van der Waals surface area contributed by atoms with E-state index in [2.05, 4.69) is 21.2 Å². The summed E-state index contributed by atoms with van der Waals surface area (Å²) in [6.45, 7) is 4.51. The first-order valence-electron chi connectivity index (χ1n) is 5.24. The van der Waals surface area contributed by atoms with Crippen LogP contribution in [0.1, 0.15) is 19.4 Å². The van der Waals surface area contributed by atoms with E-state index in [1.807, 2.05) is 19.9 Å². The second-order valence-corrected chi connectivity index (χ2v) is 4.76. The van der Waals surface area contributed by atoms with Crippen LogP contribution in [0.25, 0.3) is 0 Å². The molecule has 0 aliphatic rings.